The third kappa shape index (κ3) is 2.46. The molecule has 0 unspecified atom stereocenters. The number of nitrogens with zero attached hydrogens (tertiary/aromatic N) is 1. The molecule has 106 valence electrons. The first-order valence-electron chi connectivity index (χ1n) is 6.60. The van der Waals surface area contributed by atoms with Gasteiger partial charge in [-0.2, -0.15) is 0 Å². The van der Waals surface area contributed by atoms with Gasteiger partial charge in [0, 0.05) is 6.92 Å². The summed E-state index contributed by atoms with van der Waals surface area (Å²) in [4.78, 5) is 25.5. The lowest BCUT2D eigenvalue weighted by molar-refractivity contribution is -0.157. The van der Waals surface area contributed by atoms with Crippen molar-refractivity contribution in [1.29, 1.82) is 0 Å². The maximum Gasteiger partial charge on any atom is 0.335 e. The molecule has 0 spiro atoms. The molecule has 0 bridgehead atoms. The van der Waals surface area contributed by atoms with Crippen molar-refractivity contribution in [2.24, 2.45) is 0 Å². The molecule has 0 radical (unpaired) electrons. The number of ether oxygens (including phenoxy) is 1. The van der Waals surface area contributed by atoms with Gasteiger partial charge in [0.25, 0.3) is 0 Å². The van der Waals surface area contributed by atoms with Crippen LogP contribution in [-0.2, 0) is 20.7 Å². The molecule has 20 heavy (non-hydrogen) atoms. The lowest BCUT2D eigenvalue weighted by atomic mass is 10.0. The monoisotopic (exact) mass is 273 g/mol. The zero-order chi connectivity index (χ0) is 14.8. The normalized spacial score (nSPS) is 24.8. The molecule has 0 aromatic heterocycles. The average molecular weight is 273 g/mol. The molecule has 1 amide bonds. The predicted octanol–water partition coefficient (Wildman–Crippen LogP) is 1.95. The van der Waals surface area contributed by atoms with Crippen LogP contribution in [-0.4, -0.2) is 35.5 Å². The Morgan fingerprint density at radius 3 is 2.50 bits per heavy atom. The number of benzene rings is 1. The molecule has 4 nitrogen and oxygen atoms in total. The van der Waals surface area contributed by atoms with E-state index in [1.807, 2.05) is 36.4 Å². The van der Waals surface area contributed by atoms with Crippen LogP contribution < -0.4 is 0 Å². The molecule has 1 aromatic rings. The molecular formula is C16H19NO3. The van der Waals surface area contributed by atoms with Crippen LogP contribution in [0.1, 0.15) is 19.4 Å². The average Bonchev–Trinajstić information content (AvgIpc) is 2.77. The third-order valence-corrected chi connectivity index (χ3v) is 3.70. The van der Waals surface area contributed by atoms with E-state index in [9.17, 15) is 9.59 Å². The zero-order valence-corrected chi connectivity index (χ0v) is 12.0. The Balaban J connectivity index is 2.26. The van der Waals surface area contributed by atoms with Gasteiger partial charge >= 0.3 is 5.97 Å². The SMILES string of the molecule is COC(=O)[C@@]1(C)C=C[C@@H](Cc2ccccc2)N1C(C)=O. The largest absolute Gasteiger partial charge is 0.467 e. The van der Waals surface area contributed by atoms with Crippen LogP contribution in [0.2, 0.25) is 0 Å². The van der Waals surface area contributed by atoms with Gasteiger partial charge in [0.05, 0.1) is 13.2 Å². The summed E-state index contributed by atoms with van der Waals surface area (Å²) >= 11 is 0. The van der Waals surface area contributed by atoms with Crippen molar-refractivity contribution in [3.8, 4) is 0 Å². The Hall–Kier alpha value is -2.10. The topological polar surface area (TPSA) is 46.6 Å². The summed E-state index contributed by atoms with van der Waals surface area (Å²) in [7, 11) is 1.34. The molecule has 2 atom stereocenters. The van der Waals surface area contributed by atoms with E-state index in [2.05, 4.69) is 0 Å². The van der Waals surface area contributed by atoms with Gasteiger partial charge in [0.15, 0.2) is 5.54 Å². The van der Waals surface area contributed by atoms with Crippen molar-refractivity contribution >= 4 is 11.9 Å². The Bertz CT molecular complexity index is 538. The van der Waals surface area contributed by atoms with E-state index >= 15 is 0 Å². The van der Waals surface area contributed by atoms with Crippen LogP contribution in [0.25, 0.3) is 0 Å². The maximum atomic E-state index is 12.0. The molecule has 2 rings (SSSR count). The fourth-order valence-electron chi connectivity index (χ4n) is 2.76. The van der Waals surface area contributed by atoms with E-state index in [0.29, 0.717) is 6.42 Å². The Labute approximate surface area is 119 Å². The van der Waals surface area contributed by atoms with E-state index in [1.54, 1.807) is 17.9 Å². The second-order valence-electron chi connectivity index (χ2n) is 5.14. The van der Waals surface area contributed by atoms with Crippen LogP contribution in [0.5, 0.6) is 0 Å². The second kappa shape index (κ2) is 5.49. The third-order valence-electron chi connectivity index (χ3n) is 3.70. The van der Waals surface area contributed by atoms with Gasteiger partial charge in [-0.1, -0.05) is 36.4 Å². The Morgan fingerprint density at radius 2 is 1.95 bits per heavy atom. The number of hydrogen-bond donors (Lipinski definition) is 0. The van der Waals surface area contributed by atoms with E-state index in [4.69, 9.17) is 4.74 Å². The predicted molar refractivity (Wildman–Crippen MR) is 76.0 cm³/mol. The highest BCUT2D eigenvalue weighted by Gasteiger charge is 2.46. The highest BCUT2D eigenvalue weighted by Crippen LogP contribution is 2.30. The fraction of sp³-hybridized carbons (Fsp3) is 0.375. The van der Waals surface area contributed by atoms with Gasteiger partial charge in [-0.05, 0) is 25.0 Å². The Morgan fingerprint density at radius 1 is 1.30 bits per heavy atom. The number of hydrogen-bond acceptors (Lipinski definition) is 3. The first-order valence-corrected chi connectivity index (χ1v) is 6.60. The summed E-state index contributed by atoms with van der Waals surface area (Å²) < 4.78 is 4.83. The summed E-state index contributed by atoms with van der Waals surface area (Å²) in [5, 5.41) is 0. The van der Waals surface area contributed by atoms with E-state index in [-0.39, 0.29) is 11.9 Å². The summed E-state index contributed by atoms with van der Waals surface area (Å²) in [5.74, 6) is -0.552. The summed E-state index contributed by atoms with van der Waals surface area (Å²) in [6.07, 6.45) is 4.35. The second-order valence-corrected chi connectivity index (χ2v) is 5.14. The smallest absolute Gasteiger partial charge is 0.335 e. The van der Waals surface area contributed by atoms with Gasteiger partial charge in [-0.15, -0.1) is 0 Å². The summed E-state index contributed by atoms with van der Waals surface area (Å²) in [6.45, 7) is 3.19. The van der Waals surface area contributed by atoms with Gasteiger partial charge in [-0.25, -0.2) is 4.79 Å². The molecule has 1 aliphatic heterocycles. The standard InChI is InChI=1S/C16H19NO3/c1-12(18)17-14(11-13-7-5-4-6-8-13)9-10-16(17,2)15(19)20-3/h4-10,14H,11H2,1-3H3/t14-,16+/m0/s1. The van der Waals surface area contributed by atoms with Crippen LogP contribution >= 0.6 is 0 Å². The van der Waals surface area contributed by atoms with Crippen LogP contribution in [0, 0.1) is 0 Å². The van der Waals surface area contributed by atoms with Crippen molar-refractivity contribution in [3.05, 3.63) is 48.0 Å². The molecule has 0 saturated carbocycles. The molecule has 0 N–H and O–H groups in total. The first-order chi connectivity index (χ1) is 9.49. The molecule has 0 aliphatic carbocycles. The Kier molecular flexibility index (Phi) is 3.93. The van der Waals surface area contributed by atoms with Gasteiger partial charge in [-0.3, -0.25) is 4.79 Å². The molecule has 0 fully saturated rings. The van der Waals surface area contributed by atoms with Crippen LogP contribution in [0.15, 0.2) is 42.5 Å². The van der Waals surface area contributed by atoms with Gasteiger partial charge < -0.3 is 9.64 Å². The lowest BCUT2D eigenvalue weighted by Crippen LogP contribution is -2.54. The van der Waals surface area contributed by atoms with Crippen molar-refractivity contribution in [1.82, 2.24) is 4.90 Å². The number of amides is 1. The molecule has 1 aliphatic rings. The van der Waals surface area contributed by atoms with Gasteiger partial charge in [0.1, 0.15) is 0 Å². The highest BCUT2D eigenvalue weighted by atomic mass is 16.5. The minimum atomic E-state index is -1.01. The number of carbonyl (C=O) groups excluding carboxylic acids is 2. The quantitative estimate of drug-likeness (QED) is 0.624. The lowest BCUT2D eigenvalue weighted by Gasteiger charge is -2.35. The number of rotatable bonds is 3. The molecule has 0 saturated heterocycles. The van der Waals surface area contributed by atoms with Crippen LogP contribution in [0.3, 0.4) is 0 Å². The van der Waals surface area contributed by atoms with Crippen molar-refractivity contribution in [2.45, 2.75) is 31.8 Å². The van der Waals surface area contributed by atoms with E-state index < -0.39 is 11.5 Å². The minimum absolute atomic E-state index is 0.126. The van der Waals surface area contributed by atoms with Crippen molar-refractivity contribution in [2.75, 3.05) is 7.11 Å². The minimum Gasteiger partial charge on any atom is -0.467 e. The van der Waals surface area contributed by atoms with Crippen molar-refractivity contribution < 1.29 is 14.3 Å². The molecule has 1 aromatic carbocycles. The fourth-order valence-corrected chi connectivity index (χ4v) is 2.76. The number of carbonyl (C=O) groups is 2. The van der Waals surface area contributed by atoms with Gasteiger partial charge in [0.2, 0.25) is 5.91 Å². The zero-order valence-electron chi connectivity index (χ0n) is 12.0. The first kappa shape index (κ1) is 14.3. The van der Waals surface area contributed by atoms with Crippen LogP contribution in [0.4, 0.5) is 0 Å². The van der Waals surface area contributed by atoms with E-state index in [1.165, 1.54) is 14.0 Å². The maximum absolute atomic E-state index is 12.0. The van der Waals surface area contributed by atoms with E-state index in [0.717, 1.165) is 5.56 Å². The number of methoxy groups -OCH3 is 1. The molecule has 1 heterocycles. The summed E-state index contributed by atoms with van der Waals surface area (Å²) in [6, 6.07) is 9.78. The van der Waals surface area contributed by atoms with Crippen molar-refractivity contribution in [3.63, 3.8) is 0 Å². The molecular weight excluding hydrogens is 254 g/mol. The number of esters is 1. The summed E-state index contributed by atoms with van der Waals surface area (Å²) in [5.41, 5.74) is 0.113. The molecule has 4 heteroatoms. The highest BCUT2D eigenvalue weighted by molar-refractivity contribution is 5.90.